The van der Waals surface area contributed by atoms with Gasteiger partial charge in [-0.1, -0.05) is 56.4 Å². The summed E-state index contributed by atoms with van der Waals surface area (Å²) in [5.41, 5.74) is 11.8. The van der Waals surface area contributed by atoms with Crippen molar-refractivity contribution >= 4 is 58.9 Å². The standard InChI is InChI=1S/C29H29N3O3S2.C2H6.3CH3F/c1-20-12-23(30)16-26(13-20)34-11-5-10-32-24(17-28(37)29(33)31-19-36)14-22-15-25(8-9-27(22)32)35-18-21-6-3-2-4-7-21;4*1-2/h2-4,6-9,12-17,19,37H,5,10-11,18,30H2,1H3,(H,31,33,36);1-2H3;3*1H3/b28-17+;;;;. The first-order valence-electron chi connectivity index (χ1n) is 14.0. The molecule has 3 aromatic carbocycles. The van der Waals surface area contributed by atoms with Gasteiger partial charge in [-0.2, -0.15) is 0 Å². The van der Waals surface area contributed by atoms with Crippen LogP contribution in [0.15, 0.2) is 77.7 Å². The molecule has 0 unspecified atom stereocenters. The van der Waals surface area contributed by atoms with Gasteiger partial charge in [0, 0.05) is 34.9 Å². The van der Waals surface area contributed by atoms with Crippen molar-refractivity contribution < 1.29 is 27.4 Å². The molecule has 3 N–H and O–H groups in total. The Morgan fingerprint density at radius 1 is 0.933 bits per heavy atom. The molecule has 0 fully saturated rings. The molecule has 0 aliphatic heterocycles. The van der Waals surface area contributed by atoms with Crippen LogP contribution < -0.4 is 20.5 Å². The van der Waals surface area contributed by atoms with E-state index >= 15 is 0 Å². The quantitative estimate of drug-likeness (QED) is 0.0492. The lowest BCUT2D eigenvalue weighted by atomic mass is 10.2. The van der Waals surface area contributed by atoms with Gasteiger partial charge in [-0.25, -0.2) is 0 Å². The second kappa shape index (κ2) is 24.4. The van der Waals surface area contributed by atoms with Gasteiger partial charge in [0.2, 0.25) is 0 Å². The van der Waals surface area contributed by atoms with Gasteiger partial charge in [0.15, 0.2) is 0 Å². The fourth-order valence-electron chi connectivity index (χ4n) is 4.08. The predicted octanol–water partition coefficient (Wildman–Crippen LogP) is 8.71. The monoisotopic (exact) mass is 663 g/mol. The Bertz CT molecular complexity index is 1430. The maximum absolute atomic E-state index is 12.2. The van der Waals surface area contributed by atoms with Gasteiger partial charge in [-0.15, -0.1) is 12.6 Å². The number of aromatic nitrogens is 1. The number of hydrogen-bond acceptors (Lipinski definition) is 6. The van der Waals surface area contributed by atoms with Crippen LogP contribution in [0, 0.1) is 6.92 Å². The topological polar surface area (TPSA) is 78.5 Å². The zero-order chi connectivity index (χ0) is 34.2. The summed E-state index contributed by atoms with van der Waals surface area (Å²) in [6, 6.07) is 23.8. The van der Waals surface area contributed by atoms with Crippen molar-refractivity contribution in [2.24, 2.45) is 0 Å². The zero-order valence-electron chi connectivity index (χ0n) is 26.6. The van der Waals surface area contributed by atoms with E-state index in [0.29, 0.717) is 47.0 Å². The van der Waals surface area contributed by atoms with Crippen LogP contribution in [-0.4, -0.2) is 44.1 Å². The van der Waals surface area contributed by atoms with Crippen molar-refractivity contribution in [2.75, 3.05) is 33.9 Å². The molecule has 45 heavy (non-hydrogen) atoms. The average Bonchev–Trinajstić information content (AvgIpc) is 3.41. The van der Waals surface area contributed by atoms with Crippen molar-refractivity contribution in [3.63, 3.8) is 0 Å². The fourth-order valence-corrected chi connectivity index (χ4v) is 4.38. The van der Waals surface area contributed by atoms with Crippen LogP contribution in [0.1, 0.15) is 37.1 Å². The Hall–Kier alpha value is -3.96. The highest BCUT2D eigenvalue weighted by molar-refractivity contribution is 7.85. The van der Waals surface area contributed by atoms with Crippen LogP contribution in [-0.2, 0) is 17.9 Å². The Labute approximate surface area is 275 Å². The summed E-state index contributed by atoms with van der Waals surface area (Å²) in [6.07, 6.45) is 2.49. The Morgan fingerprint density at radius 3 is 2.22 bits per heavy atom. The molecular weight excluding hydrogens is 620 g/mol. The highest BCUT2D eigenvalue weighted by Crippen LogP contribution is 2.28. The van der Waals surface area contributed by atoms with Crippen LogP contribution in [0.5, 0.6) is 11.5 Å². The normalized spacial score (nSPS) is 9.87. The van der Waals surface area contributed by atoms with E-state index in [0.717, 1.165) is 45.6 Å². The summed E-state index contributed by atoms with van der Waals surface area (Å²) in [6.45, 7) is 7.67. The van der Waals surface area contributed by atoms with Crippen molar-refractivity contribution in [2.45, 2.75) is 40.3 Å². The third kappa shape index (κ3) is 14.1. The number of aryl methyl sites for hydroxylation is 2. The maximum atomic E-state index is 12.2. The fraction of sp³-hybridized carbons (Fsp3) is 0.294. The summed E-state index contributed by atoms with van der Waals surface area (Å²) in [5, 5.41) is 3.49. The van der Waals surface area contributed by atoms with E-state index in [1.807, 2.05) is 93.6 Å². The van der Waals surface area contributed by atoms with Gasteiger partial charge in [0.1, 0.15) is 18.1 Å². The number of rotatable bonds is 11. The summed E-state index contributed by atoms with van der Waals surface area (Å²) in [7, 11) is 1.50. The molecule has 0 aliphatic carbocycles. The van der Waals surface area contributed by atoms with E-state index in [2.05, 4.69) is 22.5 Å². The maximum Gasteiger partial charge on any atom is 0.262 e. The second-order valence-electron chi connectivity index (χ2n) is 8.62. The summed E-state index contributed by atoms with van der Waals surface area (Å²) in [5.74, 6) is 1.17. The number of nitrogens with zero attached hydrogens (tertiary/aromatic N) is 1. The highest BCUT2D eigenvalue weighted by atomic mass is 32.1. The van der Waals surface area contributed by atoms with Crippen LogP contribution in [0.4, 0.5) is 18.9 Å². The molecule has 1 aromatic heterocycles. The molecule has 0 radical (unpaired) electrons. The number of ether oxygens (including phenoxy) is 2. The number of fused-ring (bicyclic) bond motifs is 1. The number of nitrogens with one attached hydrogen (secondary N) is 1. The minimum absolute atomic E-state index is 0.261. The molecule has 0 spiro atoms. The molecule has 1 amide bonds. The van der Waals surface area contributed by atoms with Gasteiger partial charge < -0.3 is 25.1 Å². The number of nitrogen functional groups attached to an aromatic ring is 1. The van der Waals surface area contributed by atoms with E-state index in [9.17, 15) is 18.0 Å². The van der Waals surface area contributed by atoms with Gasteiger partial charge in [0.25, 0.3) is 5.91 Å². The molecule has 0 atom stereocenters. The summed E-state index contributed by atoms with van der Waals surface area (Å²) in [4.78, 5) is 12.5. The number of halogens is 3. The van der Waals surface area contributed by atoms with Crippen LogP contribution in [0.25, 0.3) is 17.0 Å². The lowest BCUT2D eigenvalue weighted by Gasteiger charge is -2.12. The molecule has 246 valence electrons. The number of thiocarbonyl (C=S) groups is 1. The number of benzene rings is 3. The first-order chi connectivity index (χ1) is 21.9. The number of nitrogens with two attached hydrogens (primary N) is 1. The number of anilines is 1. The smallest absolute Gasteiger partial charge is 0.262 e. The van der Waals surface area contributed by atoms with E-state index in [-0.39, 0.29) is 10.8 Å². The second-order valence-corrected chi connectivity index (χ2v) is 9.34. The Balaban J connectivity index is 0.00000224. The number of carbonyl (C=O) groups is 1. The molecule has 1 heterocycles. The average molecular weight is 664 g/mol. The molecule has 6 nitrogen and oxygen atoms in total. The van der Waals surface area contributed by atoms with E-state index in [1.165, 1.54) is 5.49 Å². The molecule has 4 rings (SSSR count). The van der Waals surface area contributed by atoms with Gasteiger partial charge in [-0.05, 0) is 66.9 Å². The van der Waals surface area contributed by atoms with Crippen LogP contribution >= 0.6 is 24.8 Å². The number of amides is 1. The SMILES string of the molecule is CC.CF.CF.CF.Cc1cc(N)cc(OCCCn2c(/C=C(/S)C(=O)NC=S)cc3cc(OCc4ccccc4)ccc32)c1. The van der Waals surface area contributed by atoms with Gasteiger partial charge in [-0.3, -0.25) is 18.0 Å². The Morgan fingerprint density at radius 2 is 1.60 bits per heavy atom. The summed E-state index contributed by atoms with van der Waals surface area (Å²) >= 11 is 9.11. The zero-order valence-corrected chi connectivity index (χ0v) is 28.4. The van der Waals surface area contributed by atoms with Crippen molar-refractivity contribution in [3.05, 3.63) is 94.5 Å². The summed E-state index contributed by atoms with van der Waals surface area (Å²) < 4.78 is 42.6. The van der Waals surface area contributed by atoms with Gasteiger partial charge in [0.05, 0.1) is 38.5 Å². The molecule has 11 heteroatoms. The molecule has 4 aromatic rings. The largest absolute Gasteiger partial charge is 0.493 e. The number of hydrogen-bond donors (Lipinski definition) is 3. The third-order valence-corrected chi connectivity index (χ3v) is 6.18. The molecular formula is C34H44F3N3O3S2. The highest BCUT2D eigenvalue weighted by Gasteiger charge is 2.12. The first-order valence-corrected chi connectivity index (χ1v) is 14.9. The van der Waals surface area contributed by atoms with Crippen molar-refractivity contribution in [1.29, 1.82) is 0 Å². The van der Waals surface area contributed by atoms with Crippen molar-refractivity contribution in [1.82, 2.24) is 9.88 Å². The van der Waals surface area contributed by atoms with Gasteiger partial charge >= 0.3 is 0 Å². The lowest BCUT2D eigenvalue weighted by Crippen LogP contribution is -2.20. The number of alkyl halides is 3. The van der Waals surface area contributed by atoms with E-state index in [4.69, 9.17) is 27.4 Å². The third-order valence-electron chi connectivity index (χ3n) is 5.73. The number of thiol groups is 1. The Kier molecular flexibility index (Phi) is 22.2. The van der Waals surface area contributed by atoms with Crippen molar-refractivity contribution in [3.8, 4) is 11.5 Å². The molecule has 0 bridgehead atoms. The van der Waals surface area contributed by atoms with Crippen LogP contribution in [0.3, 0.4) is 0 Å². The molecule has 0 saturated carbocycles. The molecule has 0 aliphatic rings. The minimum atomic E-state index is -0.359. The number of carbonyl (C=O) groups excluding carboxylic acids is 1. The predicted molar refractivity (Wildman–Crippen MR) is 190 cm³/mol. The van der Waals surface area contributed by atoms with Crippen LogP contribution in [0.2, 0.25) is 0 Å². The lowest BCUT2D eigenvalue weighted by molar-refractivity contribution is -0.115. The van der Waals surface area contributed by atoms with E-state index in [1.54, 1.807) is 6.08 Å². The first kappa shape index (κ1) is 41.0. The van der Waals surface area contributed by atoms with E-state index < -0.39 is 0 Å². The minimum Gasteiger partial charge on any atom is -0.493 e. The molecule has 0 saturated heterocycles.